The topological polar surface area (TPSA) is 70.9 Å². The average Bonchev–Trinajstić information content (AvgIpc) is 3.07. The van der Waals surface area contributed by atoms with E-state index < -0.39 is 0 Å². The first-order valence-electron chi connectivity index (χ1n) is 7.28. The number of nitrogens with two attached hydrogens (primary N) is 1. The first-order valence-corrected chi connectivity index (χ1v) is 7.28. The number of rotatable bonds is 5. The highest BCUT2D eigenvalue weighted by atomic mass is 16.1. The molecule has 1 fully saturated rings. The van der Waals surface area contributed by atoms with Crippen LogP contribution in [0.25, 0.3) is 10.9 Å². The monoisotopic (exact) mass is 271 g/mol. The summed E-state index contributed by atoms with van der Waals surface area (Å²) < 4.78 is 0. The van der Waals surface area contributed by atoms with Crippen LogP contribution in [0.15, 0.2) is 24.4 Å². The van der Waals surface area contributed by atoms with E-state index in [2.05, 4.69) is 17.2 Å². The third kappa shape index (κ3) is 2.38. The van der Waals surface area contributed by atoms with E-state index in [-0.39, 0.29) is 5.91 Å². The number of nitrogen functional groups attached to an aromatic ring is 1. The zero-order chi connectivity index (χ0) is 14.2. The fourth-order valence-corrected chi connectivity index (χ4v) is 2.91. The van der Waals surface area contributed by atoms with E-state index in [4.69, 9.17) is 5.73 Å². The van der Waals surface area contributed by atoms with Gasteiger partial charge in [0.25, 0.3) is 5.91 Å². The second-order valence-corrected chi connectivity index (χ2v) is 5.94. The summed E-state index contributed by atoms with van der Waals surface area (Å²) in [6, 6.07) is 5.58. The Morgan fingerprint density at radius 3 is 2.95 bits per heavy atom. The van der Waals surface area contributed by atoms with E-state index in [1.165, 1.54) is 25.7 Å². The predicted molar refractivity (Wildman–Crippen MR) is 81.6 cm³/mol. The van der Waals surface area contributed by atoms with E-state index in [9.17, 15) is 4.79 Å². The van der Waals surface area contributed by atoms with E-state index in [0.717, 1.165) is 17.4 Å². The van der Waals surface area contributed by atoms with Gasteiger partial charge in [-0.3, -0.25) is 4.79 Å². The van der Waals surface area contributed by atoms with Crippen LogP contribution in [0.1, 0.15) is 43.0 Å². The number of carbonyl (C=O) groups is 1. The second-order valence-electron chi connectivity index (χ2n) is 5.94. The van der Waals surface area contributed by atoms with Crippen molar-refractivity contribution in [2.24, 2.45) is 5.41 Å². The van der Waals surface area contributed by atoms with Gasteiger partial charge in [0.05, 0.1) is 5.56 Å². The maximum atomic E-state index is 12.3. The van der Waals surface area contributed by atoms with E-state index >= 15 is 0 Å². The van der Waals surface area contributed by atoms with Gasteiger partial charge in [0.1, 0.15) is 0 Å². The summed E-state index contributed by atoms with van der Waals surface area (Å²) in [5.41, 5.74) is 8.47. The van der Waals surface area contributed by atoms with Crippen LogP contribution in [0.3, 0.4) is 0 Å². The molecule has 0 unspecified atom stereocenters. The molecule has 3 rings (SSSR count). The minimum atomic E-state index is -0.00997. The van der Waals surface area contributed by atoms with Crippen LogP contribution in [0.2, 0.25) is 0 Å². The average molecular weight is 271 g/mol. The molecule has 4 heteroatoms. The van der Waals surface area contributed by atoms with Crippen molar-refractivity contribution in [1.82, 2.24) is 10.3 Å². The summed E-state index contributed by atoms with van der Waals surface area (Å²) in [7, 11) is 0. The van der Waals surface area contributed by atoms with Gasteiger partial charge >= 0.3 is 0 Å². The van der Waals surface area contributed by atoms with Crippen molar-refractivity contribution in [3.63, 3.8) is 0 Å². The predicted octanol–water partition coefficient (Wildman–Crippen LogP) is 3.06. The SMILES string of the molecule is CCCC1(CNC(=O)c2c[nH]c3ccc(N)cc23)CC1. The third-order valence-corrected chi connectivity index (χ3v) is 4.31. The van der Waals surface area contributed by atoms with Crippen LogP contribution in [0.5, 0.6) is 0 Å². The van der Waals surface area contributed by atoms with E-state index in [0.29, 0.717) is 16.7 Å². The van der Waals surface area contributed by atoms with Crippen molar-refractivity contribution in [3.8, 4) is 0 Å². The van der Waals surface area contributed by atoms with Crippen molar-refractivity contribution in [2.45, 2.75) is 32.6 Å². The lowest BCUT2D eigenvalue weighted by Gasteiger charge is -2.14. The van der Waals surface area contributed by atoms with Crippen LogP contribution in [0.4, 0.5) is 5.69 Å². The van der Waals surface area contributed by atoms with Crippen LogP contribution >= 0.6 is 0 Å². The second kappa shape index (κ2) is 4.85. The normalized spacial score (nSPS) is 16.2. The molecule has 0 bridgehead atoms. The zero-order valence-corrected chi connectivity index (χ0v) is 11.8. The van der Waals surface area contributed by atoms with E-state index in [1.807, 2.05) is 18.2 Å². The number of hydrogen-bond acceptors (Lipinski definition) is 2. The number of nitrogens with one attached hydrogen (secondary N) is 2. The molecule has 0 saturated heterocycles. The maximum absolute atomic E-state index is 12.3. The molecule has 1 heterocycles. The Balaban J connectivity index is 1.74. The van der Waals surface area contributed by atoms with Gasteiger partial charge < -0.3 is 16.0 Å². The Kier molecular flexibility index (Phi) is 3.16. The molecule has 2 aromatic rings. The van der Waals surface area contributed by atoms with Gasteiger partial charge in [0.15, 0.2) is 0 Å². The molecule has 1 aromatic carbocycles. The number of carbonyl (C=O) groups excluding carboxylic acids is 1. The van der Waals surface area contributed by atoms with Gasteiger partial charge in [-0.2, -0.15) is 0 Å². The van der Waals surface area contributed by atoms with Crippen molar-refractivity contribution in [1.29, 1.82) is 0 Å². The maximum Gasteiger partial charge on any atom is 0.253 e. The highest BCUT2D eigenvalue weighted by Gasteiger charge is 2.41. The number of fused-ring (bicyclic) bond motifs is 1. The standard InChI is InChI=1S/C16H21N3O/c1-2-5-16(6-7-16)10-19-15(20)13-9-18-14-4-3-11(17)8-12(13)14/h3-4,8-9,18H,2,5-7,10,17H2,1H3,(H,19,20). The van der Waals surface area contributed by atoms with E-state index in [1.54, 1.807) is 6.20 Å². The third-order valence-electron chi connectivity index (χ3n) is 4.31. The van der Waals surface area contributed by atoms with Crippen molar-refractivity contribution in [3.05, 3.63) is 30.0 Å². The molecule has 4 N–H and O–H groups in total. The van der Waals surface area contributed by atoms with Gasteiger partial charge in [-0.1, -0.05) is 13.3 Å². The number of anilines is 1. The smallest absolute Gasteiger partial charge is 0.253 e. The molecule has 0 spiro atoms. The van der Waals surface area contributed by atoms with Crippen molar-refractivity contribution in [2.75, 3.05) is 12.3 Å². The summed E-state index contributed by atoms with van der Waals surface area (Å²) in [5.74, 6) is -0.00997. The number of hydrogen-bond donors (Lipinski definition) is 3. The van der Waals surface area contributed by atoms with Gasteiger partial charge in [-0.15, -0.1) is 0 Å². The molecule has 0 aliphatic heterocycles. The van der Waals surface area contributed by atoms with Crippen LogP contribution < -0.4 is 11.1 Å². The quantitative estimate of drug-likeness (QED) is 0.731. The molecule has 106 valence electrons. The molecule has 4 nitrogen and oxygen atoms in total. The van der Waals surface area contributed by atoms with Gasteiger partial charge in [0.2, 0.25) is 0 Å². The first kappa shape index (κ1) is 13.0. The molecule has 1 aliphatic rings. The lowest BCUT2D eigenvalue weighted by atomic mass is 10.0. The molecule has 1 aliphatic carbocycles. The number of H-pyrrole nitrogens is 1. The summed E-state index contributed by atoms with van der Waals surface area (Å²) in [6.45, 7) is 2.99. The summed E-state index contributed by atoms with van der Waals surface area (Å²) >= 11 is 0. The van der Waals surface area contributed by atoms with Crippen LogP contribution in [-0.2, 0) is 0 Å². The number of aromatic amines is 1. The highest BCUT2D eigenvalue weighted by Crippen LogP contribution is 2.48. The van der Waals surface area contributed by atoms with Gasteiger partial charge in [-0.05, 0) is 42.9 Å². The first-order chi connectivity index (χ1) is 9.63. The lowest BCUT2D eigenvalue weighted by Crippen LogP contribution is -2.30. The lowest BCUT2D eigenvalue weighted by molar-refractivity contribution is 0.0945. The summed E-state index contributed by atoms with van der Waals surface area (Å²) in [4.78, 5) is 15.5. The summed E-state index contributed by atoms with van der Waals surface area (Å²) in [6.07, 6.45) is 6.62. The number of amides is 1. The van der Waals surface area contributed by atoms with Crippen LogP contribution in [0, 0.1) is 5.41 Å². The molecular weight excluding hydrogens is 250 g/mol. The van der Waals surface area contributed by atoms with Crippen molar-refractivity contribution >= 4 is 22.5 Å². The minimum absolute atomic E-state index is 0.00997. The zero-order valence-electron chi connectivity index (χ0n) is 11.8. The molecule has 1 amide bonds. The van der Waals surface area contributed by atoms with Crippen molar-refractivity contribution < 1.29 is 4.79 Å². The molecule has 1 aromatic heterocycles. The number of benzene rings is 1. The number of aromatic nitrogens is 1. The molecular formula is C16H21N3O. The highest BCUT2D eigenvalue weighted by molar-refractivity contribution is 6.07. The molecule has 0 radical (unpaired) electrons. The fraction of sp³-hybridized carbons (Fsp3) is 0.438. The molecule has 20 heavy (non-hydrogen) atoms. The largest absolute Gasteiger partial charge is 0.399 e. The molecule has 1 saturated carbocycles. The fourth-order valence-electron chi connectivity index (χ4n) is 2.91. The Labute approximate surface area is 118 Å². The Hall–Kier alpha value is -1.97. The Morgan fingerprint density at radius 1 is 1.45 bits per heavy atom. The van der Waals surface area contributed by atoms with Gasteiger partial charge in [0, 0.05) is 29.3 Å². The minimum Gasteiger partial charge on any atom is -0.399 e. The van der Waals surface area contributed by atoms with Gasteiger partial charge in [-0.25, -0.2) is 0 Å². The molecule has 0 atom stereocenters. The Morgan fingerprint density at radius 2 is 2.25 bits per heavy atom. The Bertz CT molecular complexity index is 640. The summed E-state index contributed by atoms with van der Waals surface area (Å²) in [5, 5.41) is 3.98. The van der Waals surface area contributed by atoms with Crippen LogP contribution in [-0.4, -0.2) is 17.4 Å².